The molecule has 0 unspecified atom stereocenters. The summed E-state index contributed by atoms with van der Waals surface area (Å²) in [6, 6.07) is 3.51. The van der Waals surface area contributed by atoms with Gasteiger partial charge in [0.05, 0.1) is 18.1 Å². The molecule has 0 bridgehead atoms. The Labute approximate surface area is 98.5 Å². The van der Waals surface area contributed by atoms with Crippen LogP contribution >= 0.6 is 0 Å². The molecule has 0 atom stereocenters. The Bertz CT molecular complexity index is 592. The molecule has 0 aliphatic rings. The van der Waals surface area contributed by atoms with E-state index in [2.05, 4.69) is 19.4 Å². The molecule has 0 radical (unpaired) electrons. The molecule has 8 heteroatoms. The summed E-state index contributed by atoms with van der Waals surface area (Å²) in [5.74, 6) is -1.18. The van der Waals surface area contributed by atoms with E-state index >= 15 is 0 Å². The summed E-state index contributed by atoms with van der Waals surface area (Å²) in [6.07, 6.45) is -4.77. The van der Waals surface area contributed by atoms with Crippen LogP contribution < -0.4 is 4.74 Å². The number of hydrogen-bond donors (Lipinski definition) is 1. The van der Waals surface area contributed by atoms with Crippen molar-refractivity contribution < 1.29 is 27.4 Å². The predicted octanol–water partition coefficient (Wildman–Crippen LogP) is 2.25. The van der Waals surface area contributed by atoms with Gasteiger partial charge in [-0.15, -0.1) is 13.2 Å². The molecule has 18 heavy (non-hydrogen) atoms. The smallest absolute Gasteiger partial charge is 0.463 e. The first kappa shape index (κ1) is 12.2. The number of imidazole rings is 1. The number of nitrogens with one attached hydrogen (secondary N) is 1. The molecule has 0 saturated carbocycles. The number of alkyl halides is 3. The molecule has 0 saturated heterocycles. The molecule has 0 fully saturated rings. The van der Waals surface area contributed by atoms with Crippen molar-refractivity contribution in [2.45, 2.75) is 6.36 Å². The van der Waals surface area contributed by atoms with Gasteiger partial charge in [0.2, 0.25) is 5.82 Å². The average Bonchev–Trinajstić information content (AvgIpc) is 2.68. The first-order chi connectivity index (χ1) is 8.39. The molecule has 0 aliphatic carbocycles. The number of rotatable bonds is 2. The fraction of sp³-hybridized carbons (Fsp3) is 0.200. The molecule has 1 heterocycles. The lowest BCUT2D eigenvalue weighted by Gasteiger charge is -2.07. The lowest BCUT2D eigenvalue weighted by molar-refractivity contribution is -0.274. The van der Waals surface area contributed by atoms with Gasteiger partial charge in [-0.2, -0.15) is 0 Å². The van der Waals surface area contributed by atoms with Crippen LogP contribution in [0.15, 0.2) is 18.2 Å². The van der Waals surface area contributed by atoms with Crippen LogP contribution in [0.3, 0.4) is 0 Å². The molecule has 1 N–H and O–H groups in total. The minimum Gasteiger partial charge on any atom is -0.463 e. The minimum absolute atomic E-state index is 0.0864. The first-order valence-corrected chi connectivity index (χ1v) is 4.73. The third-order valence-electron chi connectivity index (χ3n) is 2.07. The summed E-state index contributed by atoms with van der Waals surface area (Å²) in [4.78, 5) is 17.6. The number of hydrogen-bond acceptors (Lipinski definition) is 4. The van der Waals surface area contributed by atoms with E-state index in [0.29, 0.717) is 5.52 Å². The Kier molecular flexibility index (Phi) is 2.85. The van der Waals surface area contributed by atoms with Crippen LogP contribution in [0.1, 0.15) is 10.6 Å². The van der Waals surface area contributed by atoms with Crippen LogP contribution in [-0.2, 0) is 4.74 Å². The van der Waals surface area contributed by atoms with Gasteiger partial charge in [-0.05, 0) is 12.1 Å². The van der Waals surface area contributed by atoms with Crippen LogP contribution in [0.5, 0.6) is 5.75 Å². The standard InChI is InChI=1S/C10H7F3N2O3/c1-17-9(16)8-14-6-3-2-5(4-7(6)15-8)18-10(11,12)13/h2-4H,1H3,(H,14,15). The number of esters is 1. The highest BCUT2D eigenvalue weighted by atomic mass is 19.4. The molecule has 0 amide bonds. The number of aromatic nitrogens is 2. The number of ether oxygens (including phenoxy) is 2. The van der Waals surface area contributed by atoms with E-state index in [1.165, 1.54) is 13.2 Å². The quantitative estimate of drug-likeness (QED) is 0.841. The monoisotopic (exact) mass is 260 g/mol. The number of nitrogens with zero attached hydrogens (tertiary/aromatic N) is 1. The zero-order valence-electron chi connectivity index (χ0n) is 9.04. The van der Waals surface area contributed by atoms with Gasteiger partial charge < -0.3 is 14.5 Å². The van der Waals surface area contributed by atoms with Crippen molar-refractivity contribution in [2.75, 3.05) is 7.11 Å². The van der Waals surface area contributed by atoms with Crippen molar-refractivity contribution in [3.05, 3.63) is 24.0 Å². The van der Waals surface area contributed by atoms with Crippen molar-refractivity contribution in [2.24, 2.45) is 0 Å². The third kappa shape index (κ3) is 2.53. The summed E-state index contributed by atoms with van der Waals surface area (Å²) < 4.78 is 44.2. The molecule has 5 nitrogen and oxygen atoms in total. The van der Waals surface area contributed by atoms with E-state index in [4.69, 9.17) is 0 Å². The number of methoxy groups -OCH3 is 1. The molecule has 96 valence electrons. The van der Waals surface area contributed by atoms with E-state index in [1.54, 1.807) is 0 Å². The van der Waals surface area contributed by atoms with E-state index in [-0.39, 0.29) is 11.3 Å². The fourth-order valence-corrected chi connectivity index (χ4v) is 1.38. The molecule has 0 spiro atoms. The van der Waals surface area contributed by atoms with Crippen LogP contribution in [0.4, 0.5) is 13.2 Å². The highest BCUT2D eigenvalue weighted by molar-refractivity contribution is 5.90. The molecule has 0 aliphatic heterocycles. The SMILES string of the molecule is COC(=O)c1nc2ccc(OC(F)(F)F)cc2[nH]1. The Hall–Kier alpha value is -2.25. The highest BCUT2D eigenvalue weighted by Crippen LogP contribution is 2.25. The summed E-state index contributed by atoms with van der Waals surface area (Å²) in [5, 5.41) is 0. The second-order valence-corrected chi connectivity index (χ2v) is 3.30. The third-order valence-corrected chi connectivity index (χ3v) is 2.07. The van der Waals surface area contributed by atoms with E-state index in [0.717, 1.165) is 12.1 Å². The van der Waals surface area contributed by atoms with E-state index in [9.17, 15) is 18.0 Å². The van der Waals surface area contributed by atoms with Crippen LogP contribution in [0.2, 0.25) is 0 Å². The summed E-state index contributed by atoms with van der Waals surface area (Å²) in [5.41, 5.74) is 0.585. The Morgan fingerprint density at radius 2 is 2.11 bits per heavy atom. The zero-order valence-corrected chi connectivity index (χ0v) is 9.04. The van der Waals surface area contributed by atoms with Crippen molar-refractivity contribution in [3.8, 4) is 5.75 Å². The Morgan fingerprint density at radius 1 is 1.39 bits per heavy atom. The van der Waals surface area contributed by atoms with Crippen molar-refractivity contribution in [1.29, 1.82) is 0 Å². The molecule has 2 aromatic rings. The van der Waals surface area contributed by atoms with Gasteiger partial charge in [0, 0.05) is 6.07 Å². The van der Waals surface area contributed by atoms with Crippen molar-refractivity contribution in [1.82, 2.24) is 9.97 Å². The second-order valence-electron chi connectivity index (χ2n) is 3.30. The summed E-state index contributed by atoms with van der Waals surface area (Å²) >= 11 is 0. The van der Waals surface area contributed by atoms with Gasteiger partial charge in [-0.1, -0.05) is 0 Å². The zero-order chi connectivity index (χ0) is 13.3. The van der Waals surface area contributed by atoms with E-state index < -0.39 is 18.1 Å². The number of aromatic amines is 1. The topological polar surface area (TPSA) is 64.2 Å². The predicted molar refractivity (Wildman–Crippen MR) is 54.1 cm³/mol. The van der Waals surface area contributed by atoms with Gasteiger partial charge >= 0.3 is 12.3 Å². The lowest BCUT2D eigenvalue weighted by Crippen LogP contribution is -2.16. The van der Waals surface area contributed by atoms with Gasteiger partial charge in [0.1, 0.15) is 5.75 Å². The Balaban J connectivity index is 2.37. The average molecular weight is 260 g/mol. The van der Waals surface area contributed by atoms with E-state index in [1.807, 2.05) is 0 Å². The maximum Gasteiger partial charge on any atom is 0.573 e. The largest absolute Gasteiger partial charge is 0.573 e. The highest BCUT2D eigenvalue weighted by Gasteiger charge is 2.31. The summed E-state index contributed by atoms with van der Waals surface area (Å²) in [6.45, 7) is 0. The molecule has 1 aromatic heterocycles. The van der Waals surface area contributed by atoms with Crippen LogP contribution in [0.25, 0.3) is 11.0 Å². The van der Waals surface area contributed by atoms with Gasteiger partial charge in [-0.3, -0.25) is 0 Å². The lowest BCUT2D eigenvalue weighted by atomic mass is 10.3. The number of H-pyrrole nitrogens is 1. The maximum absolute atomic E-state index is 12.0. The van der Waals surface area contributed by atoms with Crippen LogP contribution in [-0.4, -0.2) is 29.4 Å². The summed E-state index contributed by atoms with van der Waals surface area (Å²) in [7, 11) is 1.17. The normalized spacial score (nSPS) is 11.6. The minimum atomic E-state index is -4.77. The van der Waals surface area contributed by atoms with Crippen LogP contribution in [0, 0.1) is 0 Å². The second kappa shape index (κ2) is 4.21. The number of carbonyl (C=O) groups is 1. The number of halogens is 3. The fourth-order valence-electron chi connectivity index (χ4n) is 1.38. The van der Waals surface area contributed by atoms with Gasteiger partial charge in [-0.25, -0.2) is 9.78 Å². The molecular formula is C10H7F3N2O3. The van der Waals surface area contributed by atoms with Gasteiger partial charge in [0.15, 0.2) is 0 Å². The first-order valence-electron chi connectivity index (χ1n) is 4.73. The number of carbonyl (C=O) groups excluding carboxylic acids is 1. The number of fused-ring (bicyclic) bond motifs is 1. The molecular weight excluding hydrogens is 253 g/mol. The van der Waals surface area contributed by atoms with Crippen molar-refractivity contribution in [3.63, 3.8) is 0 Å². The van der Waals surface area contributed by atoms with Crippen molar-refractivity contribution >= 4 is 17.0 Å². The Morgan fingerprint density at radius 3 is 2.72 bits per heavy atom. The molecule has 1 aromatic carbocycles. The maximum atomic E-state index is 12.0. The molecule has 2 rings (SSSR count). The number of benzene rings is 1. The van der Waals surface area contributed by atoms with Gasteiger partial charge in [0.25, 0.3) is 0 Å².